The minimum atomic E-state index is -1.05. The fourth-order valence-electron chi connectivity index (χ4n) is 3.40. The molecule has 3 rings (SSSR count). The van der Waals surface area contributed by atoms with Gasteiger partial charge in [0, 0.05) is 0 Å². The van der Waals surface area contributed by atoms with Crippen LogP contribution in [0.25, 0.3) is 0 Å². The van der Waals surface area contributed by atoms with Crippen molar-refractivity contribution in [3.8, 4) is 23.0 Å². The molecule has 0 spiro atoms. The zero-order chi connectivity index (χ0) is 24.2. The monoisotopic (exact) mass is 462 g/mol. The first-order valence-electron chi connectivity index (χ1n) is 11.9. The van der Waals surface area contributed by atoms with Crippen molar-refractivity contribution in [2.75, 3.05) is 13.2 Å². The van der Waals surface area contributed by atoms with Gasteiger partial charge < -0.3 is 18.9 Å². The Kier molecular flexibility index (Phi) is 9.39. The summed E-state index contributed by atoms with van der Waals surface area (Å²) in [5, 5.41) is 0. The van der Waals surface area contributed by atoms with Gasteiger partial charge in [-0.15, -0.1) is 0 Å². The molecule has 0 saturated carbocycles. The molecule has 0 aliphatic carbocycles. The minimum absolute atomic E-state index is 0.329. The number of aryl methyl sites for hydroxylation is 1. The molecule has 3 aromatic rings. The first kappa shape index (κ1) is 25.2. The van der Waals surface area contributed by atoms with Crippen LogP contribution >= 0.6 is 0 Å². The Morgan fingerprint density at radius 2 is 1.44 bits per heavy atom. The molecule has 5 nitrogen and oxygen atoms in total. The van der Waals surface area contributed by atoms with Crippen LogP contribution in [0, 0.1) is 0 Å². The number of benzene rings is 3. The third-order valence-corrected chi connectivity index (χ3v) is 5.17. The molecule has 0 N–H and O–H groups in total. The summed E-state index contributed by atoms with van der Waals surface area (Å²) >= 11 is 0. The van der Waals surface area contributed by atoms with Gasteiger partial charge in [0.2, 0.25) is 0 Å². The van der Waals surface area contributed by atoms with Gasteiger partial charge in [0.15, 0.2) is 5.60 Å². The van der Waals surface area contributed by atoms with Crippen molar-refractivity contribution in [2.24, 2.45) is 0 Å². The summed E-state index contributed by atoms with van der Waals surface area (Å²) in [5.41, 5.74) is 0.0818. The number of para-hydroxylation sites is 2. The molecule has 0 aromatic heterocycles. The fraction of sp³-hybridized carbons (Fsp3) is 0.345. The van der Waals surface area contributed by atoms with E-state index in [0.717, 1.165) is 42.1 Å². The fourth-order valence-corrected chi connectivity index (χ4v) is 3.40. The molecule has 0 radical (unpaired) electrons. The summed E-state index contributed by atoms with van der Waals surface area (Å²) in [4.78, 5) is 12.4. The molecule has 0 unspecified atom stereocenters. The SMILES string of the molecule is CCCc1cc(Oc2ccccc2)ccc1OCCCCOC(=O)C(C)(C)Oc1ccccc1. The molecular formula is C29H34O5. The molecular weight excluding hydrogens is 428 g/mol. The Bertz CT molecular complexity index is 1020. The number of rotatable bonds is 13. The molecule has 3 aromatic carbocycles. The number of esters is 1. The van der Waals surface area contributed by atoms with E-state index in [-0.39, 0.29) is 5.97 Å². The Balaban J connectivity index is 1.42. The van der Waals surface area contributed by atoms with Crippen LogP contribution in [0.4, 0.5) is 0 Å². The molecule has 34 heavy (non-hydrogen) atoms. The van der Waals surface area contributed by atoms with Gasteiger partial charge in [0.25, 0.3) is 0 Å². The highest BCUT2D eigenvalue weighted by atomic mass is 16.6. The molecule has 0 saturated heterocycles. The summed E-state index contributed by atoms with van der Waals surface area (Å²) in [7, 11) is 0. The van der Waals surface area contributed by atoms with Crippen LogP contribution in [0.15, 0.2) is 78.9 Å². The zero-order valence-electron chi connectivity index (χ0n) is 20.3. The number of carbonyl (C=O) groups excluding carboxylic acids is 1. The number of ether oxygens (including phenoxy) is 4. The predicted octanol–water partition coefficient (Wildman–Crippen LogP) is 6.99. The van der Waals surface area contributed by atoms with Crippen LogP contribution in [-0.4, -0.2) is 24.8 Å². The zero-order valence-corrected chi connectivity index (χ0v) is 20.3. The van der Waals surface area contributed by atoms with E-state index in [1.54, 1.807) is 13.8 Å². The predicted molar refractivity (Wildman–Crippen MR) is 134 cm³/mol. The Hall–Kier alpha value is -3.47. The van der Waals surface area contributed by atoms with Crippen molar-refractivity contribution in [2.45, 2.75) is 52.1 Å². The van der Waals surface area contributed by atoms with Crippen LogP contribution in [0.5, 0.6) is 23.0 Å². The second-order valence-electron chi connectivity index (χ2n) is 8.55. The normalized spacial score (nSPS) is 11.0. The molecule has 0 atom stereocenters. The average Bonchev–Trinajstić information content (AvgIpc) is 2.83. The van der Waals surface area contributed by atoms with E-state index in [1.807, 2.05) is 78.9 Å². The van der Waals surface area contributed by atoms with E-state index in [2.05, 4.69) is 6.92 Å². The maximum atomic E-state index is 12.4. The molecule has 0 bridgehead atoms. The second kappa shape index (κ2) is 12.7. The number of hydrogen-bond donors (Lipinski definition) is 0. The van der Waals surface area contributed by atoms with E-state index in [1.165, 1.54) is 0 Å². The maximum absolute atomic E-state index is 12.4. The lowest BCUT2D eigenvalue weighted by Gasteiger charge is -2.24. The van der Waals surface area contributed by atoms with Crippen LogP contribution < -0.4 is 14.2 Å². The quantitative estimate of drug-likeness (QED) is 0.202. The third kappa shape index (κ3) is 7.84. The van der Waals surface area contributed by atoms with E-state index in [4.69, 9.17) is 18.9 Å². The maximum Gasteiger partial charge on any atom is 0.349 e. The highest BCUT2D eigenvalue weighted by molar-refractivity contribution is 5.79. The number of hydrogen-bond acceptors (Lipinski definition) is 5. The van der Waals surface area contributed by atoms with Crippen molar-refractivity contribution in [3.05, 3.63) is 84.4 Å². The molecule has 180 valence electrons. The van der Waals surface area contributed by atoms with Gasteiger partial charge in [-0.1, -0.05) is 49.7 Å². The van der Waals surface area contributed by atoms with Gasteiger partial charge in [-0.05, 0) is 81.1 Å². The van der Waals surface area contributed by atoms with Crippen LogP contribution in [0.2, 0.25) is 0 Å². The van der Waals surface area contributed by atoms with Gasteiger partial charge in [-0.3, -0.25) is 0 Å². The highest BCUT2D eigenvalue weighted by Crippen LogP contribution is 2.29. The summed E-state index contributed by atoms with van der Waals surface area (Å²) in [5.74, 6) is 2.74. The Morgan fingerprint density at radius 3 is 2.12 bits per heavy atom. The molecule has 0 amide bonds. The summed E-state index contributed by atoms with van der Waals surface area (Å²) in [6.45, 7) is 6.45. The minimum Gasteiger partial charge on any atom is -0.493 e. The van der Waals surface area contributed by atoms with Crippen molar-refractivity contribution < 1.29 is 23.7 Å². The van der Waals surface area contributed by atoms with Gasteiger partial charge in [0.1, 0.15) is 23.0 Å². The lowest BCUT2D eigenvalue weighted by Crippen LogP contribution is -2.39. The Morgan fingerprint density at radius 1 is 0.794 bits per heavy atom. The van der Waals surface area contributed by atoms with Gasteiger partial charge >= 0.3 is 5.97 Å². The molecule has 0 aliphatic heterocycles. The van der Waals surface area contributed by atoms with Crippen molar-refractivity contribution in [1.82, 2.24) is 0 Å². The van der Waals surface area contributed by atoms with E-state index >= 15 is 0 Å². The third-order valence-electron chi connectivity index (χ3n) is 5.17. The molecule has 5 heteroatoms. The van der Waals surface area contributed by atoms with Gasteiger partial charge in [0.05, 0.1) is 13.2 Å². The average molecular weight is 463 g/mol. The van der Waals surface area contributed by atoms with Crippen molar-refractivity contribution in [1.29, 1.82) is 0 Å². The van der Waals surface area contributed by atoms with Crippen LogP contribution in [-0.2, 0) is 16.0 Å². The first-order valence-corrected chi connectivity index (χ1v) is 11.9. The lowest BCUT2D eigenvalue weighted by molar-refractivity contribution is -0.159. The summed E-state index contributed by atoms with van der Waals surface area (Å²) in [6.07, 6.45) is 3.42. The first-order chi connectivity index (χ1) is 16.5. The van der Waals surface area contributed by atoms with E-state index < -0.39 is 5.60 Å². The summed E-state index contributed by atoms with van der Waals surface area (Å²) < 4.78 is 23.2. The van der Waals surface area contributed by atoms with Crippen LogP contribution in [0.1, 0.15) is 45.6 Å². The van der Waals surface area contributed by atoms with Crippen molar-refractivity contribution in [3.63, 3.8) is 0 Å². The molecule has 0 heterocycles. The standard InChI is InChI=1S/C29H34O5/c1-4-13-23-22-26(33-24-14-7-5-8-15-24)18-19-27(23)31-20-11-12-21-32-28(30)29(2,3)34-25-16-9-6-10-17-25/h5-10,14-19,22H,4,11-13,20-21H2,1-3H3. The Labute approximate surface area is 202 Å². The molecule has 0 aliphatic rings. The van der Waals surface area contributed by atoms with Crippen molar-refractivity contribution >= 4 is 5.97 Å². The topological polar surface area (TPSA) is 54.0 Å². The van der Waals surface area contributed by atoms with Crippen LogP contribution in [0.3, 0.4) is 0 Å². The van der Waals surface area contributed by atoms with Gasteiger partial charge in [-0.2, -0.15) is 0 Å². The molecule has 0 fully saturated rings. The highest BCUT2D eigenvalue weighted by Gasteiger charge is 2.31. The van der Waals surface area contributed by atoms with E-state index in [9.17, 15) is 4.79 Å². The summed E-state index contributed by atoms with van der Waals surface area (Å²) in [6, 6.07) is 25.0. The lowest BCUT2D eigenvalue weighted by atomic mass is 10.1. The van der Waals surface area contributed by atoms with E-state index in [0.29, 0.717) is 25.4 Å². The largest absolute Gasteiger partial charge is 0.493 e. The number of carbonyl (C=O) groups is 1. The smallest absolute Gasteiger partial charge is 0.349 e. The van der Waals surface area contributed by atoms with Gasteiger partial charge in [-0.25, -0.2) is 4.79 Å². The second-order valence-corrected chi connectivity index (χ2v) is 8.55. The number of unbranched alkanes of at least 4 members (excludes halogenated alkanes) is 1.